The smallest absolute Gasteiger partial charge is 0.123 e. The highest BCUT2D eigenvalue weighted by Gasteiger charge is 2.36. The van der Waals surface area contributed by atoms with Crippen molar-refractivity contribution in [1.82, 2.24) is 9.80 Å². The fraction of sp³-hybridized carbons (Fsp3) is 0.529. The minimum absolute atomic E-state index is 0.165. The number of hydrogen-bond donors (Lipinski definition) is 0. The van der Waals surface area contributed by atoms with Crippen LogP contribution < -0.4 is 0 Å². The lowest BCUT2D eigenvalue weighted by molar-refractivity contribution is 0.0758. The molecule has 2 aliphatic heterocycles. The van der Waals surface area contributed by atoms with Crippen molar-refractivity contribution in [1.29, 1.82) is 0 Å². The van der Waals surface area contributed by atoms with Crippen molar-refractivity contribution in [2.75, 3.05) is 32.8 Å². The first-order chi connectivity index (χ1) is 10.2. The molecule has 2 heterocycles. The van der Waals surface area contributed by atoms with Crippen molar-refractivity contribution in [2.45, 2.75) is 25.1 Å². The number of fused-ring (bicyclic) bond motifs is 1. The molecule has 4 heteroatoms. The van der Waals surface area contributed by atoms with Gasteiger partial charge in [-0.3, -0.25) is 9.80 Å². The molecule has 2 atom stereocenters. The molecule has 0 bridgehead atoms. The Kier molecular flexibility index (Phi) is 4.68. The zero-order valence-electron chi connectivity index (χ0n) is 12.4. The van der Waals surface area contributed by atoms with E-state index in [1.807, 2.05) is 18.2 Å². The molecule has 3 rings (SSSR count). The first-order valence-electron chi connectivity index (χ1n) is 7.68. The van der Waals surface area contributed by atoms with Gasteiger partial charge in [0.25, 0.3) is 0 Å². The van der Waals surface area contributed by atoms with Crippen LogP contribution in [0.1, 0.15) is 12.0 Å². The highest BCUT2D eigenvalue weighted by Crippen LogP contribution is 2.25. The first kappa shape index (κ1) is 14.7. The third kappa shape index (κ3) is 3.70. The maximum Gasteiger partial charge on any atom is 0.123 e. The molecule has 0 N–H and O–H groups in total. The van der Waals surface area contributed by atoms with Crippen LogP contribution in [0, 0.1) is 5.82 Å². The van der Waals surface area contributed by atoms with Gasteiger partial charge in [0.05, 0.1) is 12.7 Å². The normalized spacial score (nSPS) is 26.7. The predicted octanol–water partition coefficient (Wildman–Crippen LogP) is 2.29. The van der Waals surface area contributed by atoms with Gasteiger partial charge in [-0.1, -0.05) is 18.2 Å². The second-order valence-electron chi connectivity index (χ2n) is 5.99. The van der Waals surface area contributed by atoms with E-state index in [1.165, 1.54) is 5.56 Å². The fourth-order valence-electron chi connectivity index (χ4n) is 3.38. The topological polar surface area (TPSA) is 15.7 Å². The predicted molar refractivity (Wildman–Crippen MR) is 81.6 cm³/mol. The molecule has 2 saturated heterocycles. The standard InChI is InChI=1S/C17H23FN2O/c1-2-9-21-17-10-16-12-19(7-8-20(16)13-17)11-14-3-5-15(18)6-4-14/h2-6,16-17H,1,7-13H2/t16-,17+/m1/s1. The third-order valence-electron chi connectivity index (χ3n) is 4.43. The van der Waals surface area contributed by atoms with Crippen molar-refractivity contribution < 1.29 is 9.13 Å². The summed E-state index contributed by atoms with van der Waals surface area (Å²) in [6.07, 6.45) is 3.27. The molecule has 1 aromatic rings. The molecule has 114 valence electrons. The number of hydrogen-bond acceptors (Lipinski definition) is 3. The minimum Gasteiger partial charge on any atom is -0.373 e. The van der Waals surface area contributed by atoms with Gasteiger partial charge in [0.15, 0.2) is 0 Å². The lowest BCUT2D eigenvalue weighted by Gasteiger charge is -2.37. The number of piperazine rings is 1. The van der Waals surface area contributed by atoms with Crippen molar-refractivity contribution >= 4 is 0 Å². The van der Waals surface area contributed by atoms with Gasteiger partial charge >= 0.3 is 0 Å². The van der Waals surface area contributed by atoms with Crippen LogP contribution in [0.5, 0.6) is 0 Å². The Morgan fingerprint density at radius 2 is 2.05 bits per heavy atom. The number of rotatable bonds is 5. The zero-order valence-corrected chi connectivity index (χ0v) is 12.4. The first-order valence-corrected chi connectivity index (χ1v) is 7.68. The molecule has 2 fully saturated rings. The van der Waals surface area contributed by atoms with E-state index in [2.05, 4.69) is 16.4 Å². The van der Waals surface area contributed by atoms with Crippen LogP contribution in [0.2, 0.25) is 0 Å². The Balaban J connectivity index is 1.52. The van der Waals surface area contributed by atoms with Gasteiger partial charge in [-0.2, -0.15) is 0 Å². The molecule has 0 aromatic heterocycles. The van der Waals surface area contributed by atoms with E-state index < -0.39 is 0 Å². The lowest BCUT2D eigenvalue weighted by Crippen LogP contribution is -2.49. The van der Waals surface area contributed by atoms with E-state index in [4.69, 9.17) is 4.74 Å². The molecule has 21 heavy (non-hydrogen) atoms. The summed E-state index contributed by atoms with van der Waals surface area (Å²) < 4.78 is 18.7. The molecule has 0 aliphatic carbocycles. The van der Waals surface area contributed by atoms with Gasteiger partial charge in [0.1, 0.15) is 5.82 Å². The van der Waals surface area contributed by atoms with Gasteiger partial charge in [-0.15, -0.1) is 6.58 Å². The largest absolute Gasteiger partial charge is 0.373 e. The minimum atomic E-state index is -0.165. The molecular formula is C17H23FN2O. The Morgan fingerprint density at radius 1 is 1.24 bits per heavy atom. The van der Waals surface area contributed by atoms with Gasteiger partial charge in [-0.25, -0.2) is 4.39 Å². The van der Waals surface area contributed by atoms with Gasteiger partial charge in [0.2, 0.25) is 0 Å². The highest BCUT2D eigenvalue weighted by molar-refractivity contribution is 5.16. The molecule has 0 amide bonds. The van der Waals surface area contributed by atoms with E-state index in [0.29, 0.717) is 18.8 Å². The molecule has 0 spiro atoms. The SMILES string of the molecule is C=CCO[C@H]1C[C@@H]2CN(Cc3ccc(F)cc3)CCN2C1. The number of nitrogens with zero attached hydrogens (tertiary/aromatic N) is 2. The van der Waals surface area contributed by atoms with Crippen LogP contribution in [-0.4, -0.2) is 54.7 Å². The monoisotopic (exact) mass is 290 g/mol. The van der Waals surface area contributed by atoms with E-state index >= 15 is 0 Å². The summed E-state index contributed by atoms with van der Waals surface area (Å²) in [4.78, 5) is 5.00. The van der Waals surface area contributed by atoms with Crippen molar-refractivity contribution in [3.8, 4) is 0 Å². The lowest BCUT2D eigenvalue weighted by atomic mass is 10.1. The fourth-order valence-corrected chi connectivity index (χ4v) is 3.38. The van der Waals surface area contributed by atoms with Gasteiger partial charge in [0, 0.05) is 38.8 Å². The van der Waals surface area contributed by atoms with Crippen molar-refractivity contribution in [3.63, 3.8) is 0 Å². The quantitative estimate of drug-likeness (QED) is 0.774. The zero-order chi connectivity index (χ0) is 14.7. The summed E-state index contributed by atoms with van der Waals surface area (Å²) in [6.45, 7) is 9.54. The summed E-state index contributed by atoms with van der Waals surface area (Å²) in [5, 5.41) is 0. The van der Waals surface area contributed by atoms with Crippen LogP contribution in [-0.2, 0) is 11.3 Å². The van der Waals surface area contributed by atoms with Gasteiger partial charge in [-0.05, 0) is 24.1 Å². The average molecular weight is 290 g/mol. The van der Waals surface area contributed by atoms with E-state index in [-0.39, 0.29) is 5.82 Å². The summed E-state index contributed by atoms with van der Waals surface area (Å²) >= 11 is 0. The summed E-state index contributed by atoms with van der Waals surface area (Å²) in [7, 11) is 0. The highest BCUT2D eigenvalue weighted by atomic mass is 19.1. The van der Waals surface area contributed by atoms with Crippen LogP contribution in [0.25, 0.3) is 0 Å². The van der Waals surface area contributed by atoms with E-state index in [0.717, 1.165) is 39.1 Å². The molecule has 0 unspecified atom stereocenters. The number of benzene rings is 1. The molecule has 0 saturated carbocycles. The van der Waals surface area contributed by atoms with Crippen LogP contribution >= 0.6 is 0 Å². The second kappa shape index (κ2) is 6.69. The van der Waals surface area contributed by atoms with Crippen molar-refractivity contribution in [3.05, 3.63) is 48.3 Å². The Bertz CT molecular complexity index is 476. The van der Waals surface area contributed by atoms with Crippen molar-refractivity contribution in [2.24, 2.45) is 0 Å². The molecule has 2 aliphatic rings. The molecule has 0 radical (unpaired) electrons. The molecular weight excluding hydrogens is 267 g/mol. The molecule has 3 nitrogen and oxygen atoms in total. The summed E-state index contributed by atoms with van der Waals surface area (Å²) in [6, 6.07) is 7.44. The Morgan fingerprint density at radius 3 is 2.81 bits per heavy atom. The second-order valence-corrected chi connectivity index (χ2v) is 5.99. The Labute approximate surface area is 126 Å². The number of halogens is 1. The van der Waals surface area contributed by atoms with Crippen LogP contribution in [0.15, 0.2) is 36.9 Å². The summed E-state index contributed by atoms with van der Waals surface area (Å²) in [5.74, 6) is -0.165. The Hall–Kier alpha value is -1.23. The average Bonchev–Trinajstić information content (AvgIpc) is 2.89. The maximum absolute atomic E-state index is 12.9. The van der Waals surface area contributed by atoms with E-state index in [9.17, 15) is 4.39 Å². The number of ether oxygens (including phenoxy) is 1. The van der Waals surface area contributed by atoms with Crippen LogP contribution in [0.3, 0.4) is 0 Å². The molecule has 1 aromatic carbocycles. The summed E-state index contributed by atoms with van der Waals surface area (Å²) in [5.41, 5.74) is 1.18. The van der Waals surface area contributed by atoms with Crippen LogP contribution in [0.4, 0.5) is 4.39 Å². The van der Waals surface area contributed by atoms with E-state index in [1.54, 1.807) is 12.1 Å². The third-order valence-corrected chi connectivity index (χ3v) is 4.43. The van der Waals surface area contributed by atoms with Gasteiger partial charge < -0.3 is 4.74 Å². The maximum atomic E-state index is 12.9.